The van der Waals surface area contributed by atoms with Gasteiger partial charge < -0.3 is 14.2 Å². The maximum absolute atomic E-state index is 6.28. The summed E-state index contributed by atoms with van der Waals surface area (Å²) in [6.07, 6.45) is 9.50. The van der Waals surface area contributed by atoms with Crippen molar-refractivity contribution in [1.29, 1.82) is 0 Å². The molecule has 0 saturated carbocycles. The van der Waals surface area contributed by atoms with Crippen LogP contribution in [0, 0.1) is 0 Å². The summed E-state index contributed by atoms with van der Waals surface area (Å²) < 4.78 is 8.36. The standard InChI is InChI=1S/C17H24N6O/c1-21-13-18-9-15(21)10-23-7-4-17(12-23)8-14(11-24-17)22(2)16-19-5-3-6-20-16/h3,5-6,9,13-14H,4,7-8,10-12H2,1-2H3/t14-,17+/m1/s1. The van der Waals surface area contributed by atoms with Crippen LogP contribution < -0.4 is 4.90 Å². The van der Waals surface area contributed by atoms with Crippen LogP contribution in [0.2, 0.25) is 0 Å². The number of nitrogens with zero attached hydrogens (tertiary/aromatic N) is 6. The van der Waals surface area contributed by atoms with Crippen LogP contribution in [0.25, 0.3) is 0 Å². The highest BCUT2D eigenvalue weighted by molar-refractivity contribution is 5.30. The third kappa shape index (κ3) is 2.89. The van der Waals surface area contributed by atoms with Crippen molar-refractivity contribution in [2.45, 2.75) is 31.0 Å². The highest BCUT2D eigenvalue weighted by Crippen LogP contribution is 2.37. The second-order valence-corrected chi connectivity index (χ2v) is 6.97. The zero-order valence-corrected chi connectivity index (χ0v) is 14.3. The van der Waals surface area contributed by atoms with Gasteiger partial charge >= 0.3 is 0 Å². The Morgan fingerprint density at radius 3 is 2.96 bits per heavy atom. The average molecular weight is 328 g/mol. The third-order valence-electron chi connectivity index (χ3n) is 5.30. The molecule has 0 aromatic carbocycles. The first-order chi connectivity index (χ1) is 11.7. The van der Waals surface area contributed by atoms with Gasteiger partial charge in [-0.25, -0.2) is 15.0 Å². The minimum Gasteiger partial charge on any atom is -0.371 e. The maximum Gasteiger partial charge on any atom is 0.225 e. The highest BCUT2D eigenvalue weighted by atomic mass is 16.5. The lowest BCUT2D eigenvalue weighted by atomic mass is 9.97. The molecule has 7 heteroatoms. The van der Waals surface area contributed by atoms with Gasteiger partial charge in [-0.15, -0.1) is 0 Å². The van der Waals surface area contributed by atoms with Crippen molar-refractivity contribution in [3.8, 4) is 0 Å². The number of likely N-dealkylation sites (N-methyl/N-ethyl adjacent to an activating group) is 1. The van der Waals surface area contributed by atoms with Crippen molar-refractivity contribution in [1.82, 2.24) is 24.4 Å². The molecule has 0 aliphatic carbocycles. The Morgan fingerprint density at radius 1 is 1.38 bits per heavy atom. The van der Waals surface area contributed by atoms with E-state index < -0.39 is 0 Å². The molecule has 2 aliphatic heterocycles. The van der Waals surface area contributed by atoms with Gasteiger partial charge in [0.1, 0.15) is 0 Å². The van der Waals surface area contributed by atoms with Crippen LogP contribution in [0.15, 0.2) is 31.0 Å². The summed E-state index contributed by atoms with van der Waals surface area (Å²) >= 11 is 0. The fourth-order valence-electron chi connectivity index (χ4n) is 3.82. The molecule has 24 heavy (non-hydrogen) atoms. The lowest BCUT2D eigenvalue weighted by Gasteiger charge is -2.26. The Hall–Kier alpha value is -1.99. The molecule has 2 aromatic heterocycles. The van der Waals surface area contributed by atoms with E-state index >= 15 is 0 Å². The maximum atomic E-state index is 6.28. The molecule has 2 aliphatic rings. The molecule has 0 amide bonds. The molecular weight excluding hydrogens is 304 g/mol. The van der Waals surface area contributed by atoms with Gasteiger partial charge in [0.05, 0.1) is 30.3 Å². The van der Waals surface area contributed by atoms with Gasteiger partial charge in [0.2, 0.25) is 5.95 Å². The first kappa shape index (κ1) is 15.5. The molecule has 1 spiro atoms. The molecule has 7 nitrogen and oxygen atoms in total. The summed E-state index contributed by atoms with van der Waals surface area (Å²) in [5, 5.41) is 0. The largest absolute Gasteiger partial charge is 0.371 e. The predicted molar refractivity (Wildman–Crippen MR) is 90.6 cm³/mol. The number of ether oxygens (including phenoxy) is 1. The summed E-state index contributed by atoms with van der Waals surface area (Å²) in [6.45, 7) is 3.74. The number of anilines is 1. The van der Waals surface area contributed by atoms with Crippen molar-refractivity contribution >= 4 is 5.95 Å². The van der Waals surface area contributed by atoms with Gasteiger partial charge in [0.15, 0.2) is 0 Å². The minimum atomic E-state index is -0.0215. The fraction of sp³-hybridized carbons (Fsp3) is 0.588. The molecule has 0 radical (unpaired) electrons. The summed E-state index contributed by atoms with van der Waals surface area (Å²) in [7, 11) is 4.11. The molecule has 4 heterocycles. The van der Waals surface area contributed by atoms with Gasteiger partial charge in [0, 0.05) is 58.7 Å². The zero-order chi connectivity index (χ0) is 16.6. The van der Waals surface area contributed by atoms with Gasteiger partial charge in [0.25, 0.3) is 0 Å². The Balaban J connectivity index is 1.39. The Morgan fingerprint density at radius 2 is 2.21 bits per heavy atom. The fourth-order valence-corrected chi connectivity index (χ4v) is 3.82. The summed E-state index contributed by atoms with van der Waals surface area (Å²) in [5.74, 6) is 0.771. The summed E-state index contributed by atoms with van der Waals surface area (Å²) in [6, 6.07) is 2.18. The molecule has 2 atom stereocenters. The molecule has 0 bridgehead atoms. The van der Waals surface area contributed by atoms with Gasteiger partial charge in [-0.05, 0) is 12.5 Å². The minimum absolute atomic E-state index is 0.0215. The van der Waals surface area contributed by atoms with E-state index in [0.29, 0.717) is 6.04 Å². The summed E-state index contributed by atoms with van der Waals surface area (Å²) in [4.78, 5) is 17.5. The Labute approximate surface area is 142 Å². The monoisotopic (exact) mass is 328 g/mol. The van der Waals surface area contributed by atoms with Gasteiger partial charge in [-0.3, -0.25) is 4.90 Å². The predicted octanol–water partition coefficient (Wildman–Crippen LogP) is 1.08. The average Bonchev–Trinajstić information content (AvgIpc) is 3.31. The number of aromatic nitrogens is 4. The van der Waals surface area contributed by atoms with E-state index in [9.17, 15) is 0 Å². The molecule has 2 fully saturated rings. The summed E-state index contributed by atoms with van der Waals surface area (Å²) in [5.41, 5.74) is 1.23. The number of imidazole rings is 1. The van der Waals surface area contributed by atoms with E-state index in [1.54, 1.807) is 12.4 Å². The molecule has 2 aromatic rings. The lowest BCUT2D eigenvalue weighted by molar-refractivity contribution is 0.0117. The smallest absolute Gasteiger partial charge is 0.225 e. The number of aryl methyl sites for hydroxylation is 1. The lowest BCUT2D eigenvalue weighted by Crippen LogP contribution is -2.36. The van der Waals surface area contributed by atoms with Crippen LogP contribution in [0.5, 0.6) is 0 Å². The van der Waals surface area contributed by atoms with Gasteiger partial charge in [-0.1, -0.05) is 0 Å². The highest BCUT2D eigenvalue weighted by Gasteiger charge is 2.46. The van der Waals surface area contributed by atoms with E-state index in [2.05, 4.69) is 36.4 Å². The molecule has 0 unspecified atom stereocenters. The molecule has 0 N–H and O–H groups in total. The zero-order valence-electron chi connectivity index (χ0n) is 14.3. The topological polar surface area (TPSA) is 59.3 Å². The van der Waals surface area contributed by atoms with Crippen LogP contribution in [0.3, 0.4) is 0 Å². The van der Waals surface area contributed by atoms with E-state index in [4.69, 9.17) is 4.74 Å². The van der Waals surface area contributed by atoms with Crippen LogP contribution >= 0.6 is 0 Å². The van der Waals surface area contributed by atoms with Crippen LogP contribution in [-0.2, 0) is 18.3 Å². The first-order valence-corrected chi connectivity index (χ1v) is 8.47. The Kier molecular flexibility index (Phi) is 3.97. The second kappa shape index (κ2) is 6.14. The van der Waals surface area contributed by atoms with Crippen molar-refractivity contribution in [2.24, 2.45) is 7.05 Å². The van der Waals surface area contributed by atoms with Crippen molar-refractivity contribution in [3.05, 3.63) is 36.7 Å². The van der Waals surface area contributed by atoms with Crippen LogP contribution in [0.1, 0.15) is 18.5 Å². The van der Waals surface area contributed by atoms with E-state index in [-0.39, 0.29) is 5.60 Å². The quantitative estimate of drug-likeness (QED) is 0.837. The molecule has 128 valence electrons. The second-order valence-electron chi connectivity index (χ2n) is 6.97. The van der Waals surface area contributed by atoms with Crippen LogP contribution in [0.4, 0.5) is 5.95 Å². The van der Waals surface area contributed by atoms with Gasteiger partial charge in [-0.2, -0.15) is 0 Å². The van der Waals surface area contributed by atoms with E-state index in [1.807, 2.05) is 25.6 Å². The number of likely N-dealkylation sites (tertiary alicyclic amines) is 1. The van der Waals surface area contributed by atoms with Crippen molar-refractivity contribution < 1.29 is 4.74 Å². The van der Waals surface area contributed by atoms with Crippen molar-refractivity contribution in [2.75, 3.05) is 31.6 Å². The SMILES string of the molecule is CN(c1ncccn1)[C@H]1CO[C@@]2(CCN(Cc3cncn3C)C2)C1. The number of hydrogen-bond donors (Lipinski definition) is 0. The Bertz CT molecular complexity index is 689. The number of rotatable bonds is 4. The van der Waals surface area contributed by atoms with E-state index in [1.165, 1.54) is 5.69 Å². The normalized spacial score (nSPS) is 27.2. The molecular formula is C17H24N6O. The van der Waals surface area contributed by atoms with Crippen LogP contribution in [-0.4, -0.2) is 62.8 Å². The molecule has 2 saturated heterocycles. The first-order valence-electron chi connectivity index (χ1n) is 8.47. The number of hydrogen-bond acceptors (Lipinski definition) is 6. The van der Waals surface area contributed by atoms with Crippen molar-refractivity contribution in [3.63, 3.8) is 0 Å². The van der Waals surface area contributed by atoms with E-state index in [0.717, 1.165) is 45.0 Å². The third-order valence-corrected chi connectivity index (χ3v) is 5.30. The molecule has 4 rings (SSSR count).